The minimum Gasteiger partial charge on any atom is -0.386 e. The fraction of sp³-hybridized carbons (Fsp3) is 0.333. The molecule has 96 valence electrons. The molecule has 1 unspecified atom stereocenters. The Morgan fingerprint density at radius 1 is 1.29 bits per heavy atom. The highest BCUT2D eigenvalue weighted by molar-refractivity contribution is 7.89. The lowest BCUT2D eigenvalue weighted by atomic mass is 10.4. The van der Waals surface area contributed by atoms with Crippen LogP contribution in [-0.2, 0) is 10.0 Å². The van der Waals surface area contributed by atoms with Crippen molar-refractivity contribution in [3.05, 3.63) is 29.3 Å². The average molecular weight is 286 g/mol. The lowest BCUT2D eigenvalue weighted by Crippen LogP contribution is -2.35. The predicted molar refractivity (Wildman–Crippen MR) is 58.7 cm³/mol. The van der Waals surface area contributed by atoms with Gasteiger partial charge in [-0.15, -0.1) is 0 Å². The third kappa shape index (κ3) is 4.19. The van der Waals surface area contributed by atoms with Crippen molar-refractivity contribution >= 4 is 21.6 Å². The largest absolute Gasteiger partial charge is 0.386 e. The highest BCUT2D eigenvalue weighted by Gasteiger charge is 2.21. The number of aliphatic hydroxyl groups excluding tert-OH is 1. The molecule has 0 saturated heterocycles. The molecule has 0 aromatic heterocycles. The van der Waals surface area contributed by atoms with Gasteiger partial charge in [-0.1, -0.05) is 11.6 Å². The Hall–Kier alpha value is -0.760. The molecule has 0 heterocycles. The molecule has 2 N–H and O–H groups in total. The minimum atomic E-state index is -3.91. The molecule has 4 nitrogen and oxygen atoms in total. The molecule has 1 atom stereocenters. The van der Waals surface area contributed by atoms with E-state index in [-0.39, 0.29) is 4.90 Å². The maximum absolute atomic E-state index is 12.0. The van der Waals surface area contributed by atoms with Gasteiger partial charge in [-0.05, 0) is 24.3 Å². The van der Waals surface area contributed by atoms with E-state index in [1.165, 1.54) is 24.3 Å². The summed E-state index contributed by atoms with van der Waals surface area (Å²) >= 11 is 5.58. The van der Waals surface area contributed by atoms with E-state index in [9.17, 15) is 17.2 Å². The summed E-state index contributed by atoms with van der Waals surface area (Å²) in [7, 11) is -3.91. The first kappa shape index (κ1) is 14.3. The van der Waals surface area contributed by atoms with E-state index in [0.717, 1.165) is 0 Å². The van der Waals surface area contributed by atoms with Gasteiger partial charge in [0.25, 0.3) is 6.43 Å². The molecular weight excluding hydrogens is 276 g/mol. The predicted octanol–water partition coefficient (Wildman–Crippen LogP) is 1.24. The van der Waals surface area contributed by atoms with Gasteiger partial charge < -0.3 is 5.11 Å². The van der Waals surface area contributed by atoms with Crippen LogP contribution in [0, 0.1) is 0 Å². The van der Waals surface area contributed by atoms with Crippen LogP contribution >= 0.6 is 11.6 Å². The van der Waals surface area contributed by atoms with Crippen LogP contribution in [0.15, 0.2) is 29.2 Å². The number of sulfonamides is 1. The third-order valence-corrected chi connectivity index (χ3v) is 3.59. The number of halogens is 3. The van der Waals surface area contributed by atoms with Gasteiger partial charge >= 0.3 is 0 Å². The third-order valence-electron chi connectivity index (χ3n) is 1.90. The first-order valence-corrected chi connectivity index (χ1v) is 6.40. The molecule has 1 aromatic rings. The van der Waals surface area contributed by atoms with Gasteiger partial charge in [-0.25, -0.2) is 21.9 Å². The molecule has 0 aliphatic rings. The maximum Gasteiger partial charge on any atom is 0.265 e. The molecule has 0 amide bonds. The van der Waals surface area contributed by atoms with Crippen molar-refractivity contribution in [3.8, 4) is 0 Å². The molecule has 0 aliphatic carbocycles. The Morgan fingerprint density at radius 2 is 1.82 bits per heavy atom. The van der Waals surface area contributed by atoms with Crippen molar-refractivity contribution in [1.29, 1.82) is 0 Å². The van der Waals surface area contributed by atoms with Crippen molar-refractivity contribution in [1.82, 2.24) is 4.72 Å². The molecule has 0 saturated carbocycles. The standard InChI is InChI=1S/C9H10ClF2NO3S/c10-6-1-3-7(4-2-6)17(15,16)13-5-8(14)9(11)12/h1-4,8-9,13-14H,5H2. The van der Waals surface area contributed by atoms with Crippen LogP contribution < -0.4 is 4.72 Å². The number of rotatable bonds is 5. The van der Waals surface area contributed by atoms with Crippen LogP contribution in [0.4, 0.5) is 8.78 Å². The second-order valence-corrected chi connectivity index (χ2v) is 5.41. The van der Waals surface area contributed by atoms with Gasteiger partial charge in [0.05, 0.1) is 4.90 Å². The SMILES string of the molecule is O=S(=O)(NCC(O)C(F)F)c1ccc(Cl)cc1. The fourth-order valence-electron chi connectivity index (χ4n) is 0.981. The number of alkyl halides is 2. The molecule has 0 bridgehead atoms. The number of hydrogen-bond donors (Lipinski definition) is 2. The van der Waals surface area contributed by atoms with Crippen molar-refractivity contribution in [2.45, 2.75) is 17.4 Å². The second-order valence-electron chi connectivity index (χ2n) is 3.21. The zero-order chi connectivity index (χ0) is 13.1. The number of nitrogens with one attached hydrogen (secondary N) is 1. The number of hydrogen-bond acceptors (Lipinski definition) is 3. The van der Waals surface area contributed by atoms with Crippen molar-refractivity contribution in [3.63, 3.8) is 0 Å². The number of benzene rings is 1. The Labute approximate surface area is 102 Å². The Balaban J connectivity index is 2.72. The van der Waals surface area contributed by atoms with E-state index in [0.29, 0.717) is 5.02 Å². The van der Waals surface area contributed by atoms with E-state index in [2.05, 4.69) is 0 Å². The molecule has 8 heteroatoms. The zero-order valence-electron chi connectivity index (χ0n) is 8.48. The van der Waals surface area contributed by atoms with Gasteiger partial charge in [-0.3, -0.25) is 0 Å². The monoisotopic (exact) mass is 285 g/mol. The van der Waals surface area contributed by atoms with Crippen molar-refractivity contribution < 1.29 is 22.3 Å². The van der Waals surface area contributed by atoms with E-state index in [1.54, 1.807) is 0 Å². The quantitative estimate of drug-likeness (QED) is 0.855. The van der Waals surface area contributed by atoms with Gasteiger partial charge in [0.15, 0.2) is 0 Å². The zero-order valence-corrected chi connectivity index (χ0v) is 10.0. The maximum atomic E-state index is 12.0. The van der Waals surface area contributed by atoms with E-state index in [1.807, 2.05) is 4.72 Å². The average Bonchev–Trinajstić information content (AvgIpc) is 2.26. The smallest absolute Gasteiger partial charge is 0.265 e. The summed E-state index contributed by atoms with van der Waals surface area (Å²) < 4.78 is 48.9. The summed E-state index contributed by atoms with van der Waals surface area (Å²) in [5.41, 5.74) is 0. The summed E-state index contributed by atoms with van der Waals surface area (Å²) in [6, 6.07) is 5.19. The Morgan fingerprint density at radius 3 is 2.29 bits per heavy atom. The van der Waals surface area contributed by atoms with Gasteiger partial charge in [0.2, 0.25) is 10.0 Å². The molecule has 17 heavy (non-hydrogen) atoms. The lowest BCUT2D eigenvalue weighted by molar-refractivity contribution is -0.000451. The summed E-state index contributed by atoms with van der Waals surface area (Å²) in [6.07, 6.45) is -5.03. The first-order chi connectivity index (χ1) is 7.83. The van der Waals surface area contributed by atoms with Crippen LogP contribution in [0.2, 0.25) is 5.02 Å². The molecular formula is C9H10ClF2NO3S. The van der Waals surface area contributed by atoms with Gasteiger partial charge in [0.1, 0.15) is 6.10 Å². The van der Waals surface area contributed by atoms with E-state index < -0.39 is 29.1 Å². The highest BCUT2D eigenvalue weighted by Crippen LogP contribution is 2.13. The lowest BCUT2D eigenvalue weighted by Gasteiger charge is -2.11. The second kappa shape index (κ2) is 5.72. The molecule has 0 spiro atoms. The number of aliphatic hydroxyl groups is 1. The summed E-state index contributed by atoms with van der Waals surface area (Å²) in [5.74, 6) is 0. The van der Waals surface area contributed by atoms with Crippen molar-refractivity contribution in [2.75, 3.05) is 6.54 Å². The Bertz CT molecular complexity index is 464. The molecule has 1 rings (SSSR count). The van der Waals surface area contributed by atoms with Crippen LogP contribution in [0.5, 0.6) is 0 Å². The topological polar surface area (TPSA) is 66.4 Å². The van der Waals surface area contributed by atoms with E-state index in [4.69, 9.17) is 16.7 Å². The van der Waals surface area contributed by atoms with Crippen molar-refractivity contribution in [2.24, 2.45) is 0 Å². The molecule has 0 fully saturated rings. The normalized spacial score (nSPS) is 13.9. The van der Waals surface area contributed by atoms with Gasteiger partial charge in [-0.2, -0.15) is 0 Å². The van der Waals surface area contributed by atoms with Gasteiger partial charge in [0, 0.05) is 11.6 Å². The summed E-state index contributed by atoms with van der Waals surface area (Å²) in [4.78, 5) is -0.108. The highest BCUT2D eigenvalue weighted by atomic mass is 35.5. The minimum absolute atomic E-state index is 0.108. The summed E-state index contributed by atoms with van der Waals surface area (Å²) in [6.45, 7) is -0.747. The first-order valence-electron chi connectivity index (χ1n) is 4.54. The molecule has 1 aromatic carbocycles. The summed E-state index contributed by atoms with van der Waals surface area (Å²) in [5, 5.41) is 9.14. The molecule has 0 aliphatic heterocycles. The van der Waals surface area contributed by atoms with Crippen LogP contribution in [0.25, 0.3) is 0 Å². The Kier molecular flexibility index (Phi) is 4.81. The van der Waals surface area contributed by atoms with Crippen LogP contribution in [0.3, 0.4) is 0 Å². The molecule has 0 radical (unpaired) electrons. The van der Waals surface area contributed by atoms with Crippen LogP contribution in [-0.4, -0.2) is 32.6 Å². The fourth-order valence-corrected chi connectivity index (χ4v) is 2.16. The van der Waals surface area contributed by atoms with E-state index >= 15 is 0 Å². The van der Waals surface area contributed by atoms with Crippen LogP contribution in [0.1, 0.15) is 0 Å².